The third-order valence-corrected chi connectivity index (χ3v) is 5.00. The zero-order valence-corrected chi connectivity index (χ0v) is 15.9. The van der Waals surface area contributed by atoms with Gasteiger partial charge in [-0.2, -0.15) is 0 Å². The third kappa shape index (κ3) is 3.94. The summed E-state index contributed by atoms with van der Waals surface area (Å²) in [6.45, 7) is 1.51. The van der Waals surface area contributed by atoms with Crippen LogP contribution in [0.3, 0.4) is 0 Å². The number of rotatable bonds is 5. The molecule has 3 aromatic rings. The van der Waals surface area contributed by atoms with Gasteiger partial charge < -0.3 is 10.6 Å². The van der Waals surface area contributed by atoms with Crippen molar-refractivity contribution in [2.45, 2.75) is 25.8 Å². The molecule has 0 saturated heterocycles. The summed E-state index contributed by atoms with van der Waals surface area (Å²) in [5.74, 6) is 0.148. The van der Waals surface area contributed by atoms with Crippen LogP contribution in [0.1, 0.15) is 30.5 Å². The summed E-state index contributed by atoms with van der Waals surface area (Å²) in [6.07, 6.45) is 1.69. The Morgan fingerprint density at radius 2 is 1.93 bits per heavy atom. The topological polar surface area (TPSA) is 97.2 Å². The van der Waals surface area contributed by atoms with Crippen LogP contribution in [0.5, 0.6) is 0 Å². The van der Waals surface area contributed by atoms with Crippen LogP contribution in [-0.2, 0) is 11.2 Å². The minimum absolute atomic E-state index is 0.0189. The predicted octanol–water partition coefficient (Wildman–Crippen LogP) is 4.52. The first kappa shape index (κ1) is 18.6. The number of carbonyl (C=O) groups is 1. The highest BCUT2D eigenvalue weighted by molar-refractivity contribution is 5.74. The summed E-state index contributed by atoms with van der Waals surface area (Å²) in [4.78, 5) is 26.9. The first-order chi connectivity index (χ1) is 14.0. The summed E-state index contributed by atoms with van der Waals surface area (Å²) in [6, 6.07) is 18.5. The lowest BCUT2D eigenvalue weighted by Crippen LogP contribution is -2.24. The molecule has 7 nitrogen and oxygen atoms in total. The number of aromatic nitrogens is 1. The van der Waals surface area contributed by atoms with Crippen LogP contribution < -0.4 is 10.6 Å². The molecule has 146 valence electrons. The van der Waals surface area contributed by atoms with Crippen LogP contribution in [0.25, 0.3) is 11.3 Å². The molecule has 1 atom stereocenters. The molecule has 29 heavy (non-hydrogen) atoms. The van der Waals surface area contributed by atoms with Gasteiger partial charge in [-0.25, -0.2) is 4.98 Å². The fraction of sp³-hybridized carbons (Fsp3) is 0.182. The molecule has 0 radical (unpaired) electrons. The number of carbonyl (C=O) groups excluding carboxylic acids is 1. The van der Waals surface area contributed by atoms with E-state index in [4.69, 9.17) is 0 Å². The van der Waals surface area contributed by atoms with Crippen LogP contribution in [0, 0.1) is 10.1 Å². The lowest BCUT2D eigenvalue weighted by Gasteiger charge is -2.13. The average Bonchev–Trinajstić information content (AvgIpc) is 3.10. The monoisotopic (exact) mass is 388 g/mol. The summed E-state index contributed by atoms with van der Waals surface area (Å²) in [5, 5.41) is 17.5. The van der Waals surface area contributed by atoms with Gasteiger partial charge in [0, 0.05) is 24.2 Å². The molecule has 1 aliphatic carbocycles. The molecule has 2 N–H and O–H groups in total. The van der Waals surface area contributed by atoms with Crippen molar-refractivity contribution >= 4 is 23.1 Å². The Hall–Kier alpha value is -3.74. The molecule has 1 aliphatic rings. The van der Waals surface area contributed by atoms with E-state index in [1.165, 1.54) is 13.0 Å². The van der Waals surface area contributed by atoms with E-state index in [1.807, 2.05) is 48.5 Å². The van der Waals surface area contributed by atoms with Gasteiger partial charge in [-0.1, -0.05) is 36.4 Å². The van der Waals surface area contributed by atoms with Gasteiger partial charge in [-0.05, 0) is 42.2 Å². The van der Waals surface area contributed by atoms with Crippen LogP contribution in [0.15, 0.2) is 60.7 Å². The van der Waals surface area contributed by atoms with E-state index in [1.54, 1.807) is 6.07 Å². The normalized spacial score (nSPS) is 14.9. The van der Waals surface area contributed by atoms with Crippen LogP contribution >= 0.6 is 0 Å². The molecule has 0 spiro atoms. The number of nitrogens with zero attached hydrogens (tertiary/aromatic N) is 2. The van der Waals surface area contributed by atoms with Gasteiger partial charge in [-0.3, -0.25) is 14.9 Å². The number of hydrogen-bond acceptors (Lipinski definition) is 5. The molecule has 0 saturated carbocycles. The Balaban J connectivity index is 1.65. The number of nitrogens with one attached hydrogen (secondary N) is 2. The standard InChI is InChI=1S/C22H20N4O3/c1-14(27)23-20-10-7-16-13-17(8-9-18(16)20)24-22-21(26(28)29)12-11-19(25-22)15-5-3-2-4-6-15/h2-6,8-9,11-13,20H,7,10H2,1H3,(H,23,27)(H,24,25). The molecular weight excluding hydrogens is 368 g/mol. The maximum absolute atomic E-state index is 11.5. The number of nitro groups is 1. The van der Waals surface area contributed by atoms with Crippen molar-refractivity contribution in [2.75, 3.05) is 5.32 Å². The van der Waals surface area contributed by atoms with Crippen molar-refractivity contribution in [3.05, 3.63) is 81.9 Å². The number of fused-ring (bicyclic) bond motifs is 1. The Kier molecular flexibility index (Phi) is 4.95. The van der Waals surface area contributed by atoms with Crippen molar-refractivity contribution in [3.63, 3.8) is 0 Å². The van der Waals surface area contributed by atoms with Gasteiger partial charge in [-0.15, -0.1) is 0 Å². The second-order valence-corrected chi connectivity index (χ2v) is 7.02. The van der Waals surface area contributed by atoms with E-state index in [9.17, 15) is 14.9 Å². The Labute approximate surface area is 167 Å². The van der Waals surface area contributed by atoms with E-state index in [2.05, 4.69) is 15.6 Å². The minimum Gasteiger partial charge on any atom is -0.350 e. The van der Waals surface area contributed by atoms with Crippen LogP contribution in [0.2, 0.25) is 0 Å². The quantitative estimate of drug-likeness (QED) is 0.495. The lowest BCUT2D eigenvalue weighted by molar-refractivity contribution is -0.384. The first-order valence-electron chi connectivity index (χ1n) is 9.39. The van der Waals surface area contributed by atoms with Crippen molar-refractivity contribution in [2.24, 2.45) is 0 Å². The molecule has 7 heteroatoms. The molecule has 1 aromatic heterocycles. The number of pyridine rings is 1. The molecule has 2 aromatic carbocycles. The molecule has 4 rings (SSSR count). The molecule has 1 heterocycles. The molecule has 0 aliphatic heterocycles. The van der Waals surface area contributed by atoms with Crippen LogP contribution in [-0.4, -0.2) is 15.8 Å². The fourth-order valence-corrected chi connectivity index (χ4v) is 3.69. The van der Waals surface area contributed by atoms with Crippen molar-refractivity contribution < 1.29 is 9.72 Å². The zero-order chi connectivity index (χ0) is 20.4. The van der Waals surface area contributed by atoms with Crippen molar-refractivity contribution in [1.29, 1.82) is 0 Å². The average molecular weight is 388 g/mol. The second kappa shape index (κ2) is 7.71. The Morgan fingerprint density at radius 1 is 1.14 bits per heavy atom. The summed E-state index contributed by atoms with van der Waals surface area (Å²) in [5.41, 5.74) is 4.40. The number of amides is 1. The van der Waals surface area contributed by atoms with Gasteiger partial charge in [0.05, 0.1) is 16.7 Å². The smallest absolute Gasteiger partial charge is 0.311 e. The lowest BCUT2D eigenvalue weighted by atomic mass is 10.1. The van der Waals surface area contributed by atoms with E-state index in [0.717, 1.165) is 35.2 Å². The van der Waals surface area contributed by atoms with E-state index >= 15 is 0 Å². The van der Waals surface area contributed by atoms with Gasteiger partial charge in [0.2, 0.25) is 11.7 Å². The second-order valence-electron chi connectivity index (χ2n) is 7.02. The fourth-order valence-electron chi connectivity index (χ4n) is 3.69. The maximum atomic E-state index is 11.5. The summed E-state index contributed by atoms with van der Waals surface area (Å²) < 4.78 is 0. The van der Waals surface area contributed by atoms with Gasteiger partial charge in [0.1, 0.15) is 0 Å². The number of benzene rings is 2. The number of anilines is 2. The highest BCUT2D eigenvalue weighted by atomic mass is 16.6. The molecule has 1 unspecified atom stereocenters. The maximum Gasteiger partial charge on any atom is 0.311 e. The van der Waals surface area contributed by atoms with Gasteiger partial charge >= 0.3 is 5.69 Å². The van der Waals surface area contributed by atoms with Gasteiger partial charge in [0.25, 0.3) is 0 Å². The first-order valence-corrected chi connectivity index (χ1v) is 9.39. The van der Waals surface area contributed by atoms with Crippen molar-refractivity contribution in [1.82, 2.24) is 10.3 Å². The van der Waals surface area contributed by atoms with E-state index in [0.29, 0.717) is 5.69 Å². The number of aryl methyl sites for hydroxylation is 1. The molecule has 0 bridgehead atoms. The highest BCUT2D eigenvalue weighted by Crippen LogP contribution is 2.35. The zero-order valence-electron chi connectivity index (χ0n) is 15.9. The molecule has 1 amide bonds. The largest absolute Gasteiger partial charge is 0.350 e. The highest BCUT2D eigenvalue weighted by Gasteiger charge is 2.24. The molecule has 0 fully saturated rings. The SMILES string of the molecule is CC(=O)NC1CCc2cc(Nc3nc(-c4ccccc4)ccc3[N+](=O)[O-])ccc21. The van der Waals surface area contributed by atoms with Crippen molar-refractivity contribution in [3.8, 4) is 11.3 Å². The van der Waals surface area contributed by atoms with Gasteiger partial charge in [0.15, 0.2) is 0 Å². The van der Waals surface area contributed by atoms with E-state index < -0.39 is 4.92 Å². The third-order valence-electron chi connectivity index (χ3n) is 5.00. The minimum atomic E-state index is -0.440. The summed E-state index contributed by atoms with van der Waals surface area (Å²) >= 11 is 0. The predicted molar refractivity (Wildman–Crippen MR) is 111 cm³/mol. The summed E-state index contributed by atoms with van der Waals surface area (Å²) in [7, 11) is 0. The Morgan fingerprint density at radius 3 is 2.66 bits per heavy atom. The Bertz CT molecular complexity index is 1080. The molecular formula is C22H20N4O3. The van der Waals surface area contributed by atoms with E-state index in [-0.39, 0.29) is 23.5 Å². The van der Waals surface area contributed by atoms with Crippen LogP contribution in [0.4, 0.5) is 17.2 Å². The number of hydrogen-bond donors (Lipinski definition) is 2.